The molecule has 2 aliphatic rings. The van der Waals surface area contributed by atoms with Gasteiger partial charge in [-0.25, -0.2) is 0 Å². The average Bonchev–Trinajstić information content (AvgIpc) is 2.49. The molecule has 0 saturated carbocycles. The van der Waals surface area contributed by atoms with Crippen molar-refractivity contribution in [3.8, 4) is 5.75 Å². The fourth-order valence-electron chi connectivity index (χ4n) is 1.69. The van der Waals surface area contributed by atoms with Crippen LogP contribution in [0.4, 0.5) is 0 Å². The molecule has 0 radical (unpaired) electrons. The summed E-state index contributed by atoms with van der Waals surface area (Å²) >= 11 is 0. The molecule has 3 rings (SSSR count). The van der Waals surface area contributed by atoms with Crippen LogP contribution in [0.3, 0.4) is 0 Å². The predicted octanol–water partition coefficient (Wildman–Crippen LogP) is 2.40. The Labute approximate surface area is 71.0 Å². The topological polar surface area (TPSA) is 9.23 Å². The molecule has 2 bridgehead atoms. The minimum absolute atomic E-state index is 0.176. The predicted molar refractivity (Wildman–Crippen MR) is 48.0 cm³/mol. The third-order valence-corrected chi connectivity index (χ3v) is 2.27. The molecule has 0 aromatic heterocycles. The number of hydrogen-bond acceptors (Lipinski definition) is 1. The van der Waals surface area contributed by atoms with Crippen molar-refractivity contribution in [2.24, 2.45) is 0 Å². The van der Waals surface area contributed by atoms with Gasteiger partial charge in [0.15, 0.2) is 0 Å². The van der Waals surface area contributed by atoms with Gasteiger partial charge in [0.25, 0.3) is 0 Å². The molecule has 1 unspecified atom stereocenters. The van der Waals surface area contributed by atoms with E-state index in [9.17, 15) is 0 Å². The Morgan fingerprint density at radius 3 is 3.08 bits per heavy atom. The van der Waals surface area contributed by atoms with Gasteiger partial charge in [0.2, 0.25) is 0 Å². The maximum atomic E-state index is 5.66. The van der Waals surface area contributed by atoms with Crippen LogP contribution in [-0.4, -0.2) is 6.10 Å². The molecule has 1 atom stereocenters. The first kappa shape index (κ1) is 6.06. The number of benzene rings is 1. The maximum absolute atomic E-state index is 5.66. The molecule has 0 amide bonds. The fraction of sp³-hybridized carbons (Fsp3) is 0.0909. The number of rotatable bonds is 0. The minimum atomic E-state index is 0.176. The van der Waals surface area contributed by atoms with Gasteiger partial charge >= 0.3 is 0 Å². The standard InChI is InChI=1S/C11H8O/c1-2-4-11-10(3-1)8-5-6-9(7-8)12-11/h1-7,9H. The first-order valence-electron chi connectivity index (χ1n) is 4.09. The number of fused-ring (bicyclic) bond motifs is 3. The minimum Gasteiger partial charge on any atom is -0.482 e. The molecule has 0 spiro atoms. The van der Waals surface area contributed by atoms with Crippen LogP contribution in [0.15, 0.2) is 42.5 Å². The van der Waals surface area contributed by atoms with E-state index in [4.69, 9.17) is 4.74 Å². The zero-order chi connectivity index (χ0) is 7.97. The fourth-order valence-corrected chi connectivity index (χ4v) is 1.69. The summed E-state index contributed by atoms with van der Waals surface area (Å²) < 4.78 is 5.66. The Morgan fingerprint density at radius 1 is 1.17 bits per heavy atom. The van der Waals surface area contributed by atoms with Crippen molar-refractivity contribution in [3.05, 3.63) is 48.1 Å². The molecule has 1 aliphatic carbocycles. The van der Waals surface area contributed by atoms with E-state index in [2.05, 4.69) is 24.3 Å². The first-order valence-corrected chi connectivity index (χ1v) is 4.09. The van der Waals surface area contributed by atoms with Crippen molar-refractivity contribution < 1.29 is 4.74 Å². The van der Waals surface area contributed by atoms with Crippen molar-refractivity contribution in [2.75, 3.05) is 0 Å². The molecular weight excluding hydrogens is 148 g/mol. The van der Waals surface area contributed by atoms with Crippen molar-refractivity contribution in [2.45, 2.75) is 6.10 Å². The summed E-state index contributed by atoms with van der Waals surface area (Å²) in [5, 5.41) is 0. The van der Waals surface area contributed by atoms with E-state index in [1.54, 1.807) is 0 Å². The highest BCUT2D eigenvalue weighted by molar-refractivity contribution is 5.82. The van der Waals surface area contributed by atoms with Crippen LogP contribution in [0.1, 0.15) is 5.56 Å². The van der Waals surface area contributed by atoms with Gasteiger partial charge < -0.3 is 4.74 Å². The van der Waals surface area contributed by atoms with Gasteiger partial charge in [-0.1, -0.05) is 24.3 Å². The molecule has 58 valence electrons. The molecule has 0 fully saturated rings. The molecule has 0 saturated heterocycles. The summed E-state index contributed by atoms with van der Waals surface area (Å²) in [6.45, 7) is 0. The molecule has 12 heavy (non-hydrogen) atoms. The summed E-state index contributed by atoms with van der Waals surface area (Å²) in [5.74, 6) is 1.00. The Bertz CT molecular complexity index is 388. The lowest BCUT2D eigenvalue weighted by molar-refractivity contribution is 0.295. The number of allylic oxidation sites excluding steroid dienone is 2. The van der Waals surface area contributed by atoms with Gasteiger partial charge in [-0.05, 0) is 23.8 Å². The van der Waals surface area contributed by atoms with E-state index in [1.165, 1.54) is 11.1 Å². The Morgan fingerprint density at radius 2 is 2.08 bits per heavy atom. The SMILES string of the molecule is C1=CC2C=C1c1ccccc1O2. The van der Waals surface area contributed by atoms with Gasteiger partial charge in [-0.15, -0.1) is 0 Å². The Balaban J connectivity index is 2.26. The zero-order valence-corrected chi connectivity index (χ0v) is 6.53. The van der Waals surface area contributed by atoms with Crippen molar-refractivity contribution in [1.29, 1.82) is 0 Å². The lowest BCUT2D eigenvalue weighted by Crippen LogP contribution is -2.11. The smallest absolute Gasteiger partial charge is 0.136 e. The maximum Gasteiger partial charge on any atom is 0.136 e. The average molecular weight is 156 g/mol. The monoisotopic (exact) mass is 156 g/mol. The van der Waals surface area contributed by atoms with Crippen LogP contribution in [0, 0.1) is 0 Å². The molecule has 1 heterocycles. The van der Waals surface area contributed by atoms with Gasteiger partial charge in [-0.3, -0.25) is 0 Å². The molecule has 1 aromatic carbocycles. The summed E-state index contributed by atoms with van der Waals surface area (Å²) in [6, 6.07) is 8.15. The van der Waals surface area contributed by atoms with Crippen molar-refractivity contribution in [1.82, 2.24) is 0 Å². The number of hydrogen-bond donors (Lipinski definition) is 0. The molecular formula is C11H8O. The first-order chi connectivity index (χ1) is 5.93. The highest BCUT2D eigenvalue weighted by Crippen LogP contribution is 2.35. The number of ether oxygens (including phenoxy) is 1. The largest absolute Gasteiger partial charge is 0.482 e. The van der Waals surface area contributed by atoms with Crippen LogP contribution in [0.2, 0.25) is 0 Å². The molecule has 1 nitrogen and oxygen atoms in total. The van der Waals surface area contributed by atoms with E-state index >= 15 is 0 Å². The summed E-state index contributed by atoms with van der Waals surface area (Å²) in [5.41, 5.74) is 2.50. The highest BCUT2D eigenvalue weighted by Gasteiger charge is 2.20. The lowest BCUT2D eigenvalue weighted by Gasteiger charge is -2.17. The van der Waals surface area contributed by atoms with Gasteiger partial charge in [-0.2, -0.15) is 0 Å². The molecule has 1 heteroatoms. The van der Waals surface area contributed by atoms with Gasteiger partial charge in [0.05, 0.1) is 0 Å². The second-order valence-corrected chi connectivity index (χ2v) is 3.06. The second kappa shape index (κ2) is 2.01. The molecule has 1 aromatic rings. The van der Waals surface area contributed by atoms with E-state index in [-0.39, 0.29) is 6.10 Å². The third-order valence-electron chi connectivity index (χ3n) is 2.27. The van der Waals surface area contributed by atoms with Gasteiger partial charge in [0, 0.05) is 5.56 Å². The quantitative estimate of drug-likeness (QED) is 0.560. The highest BCUT2D eigenvalue weighted by atomic mass is 16.5. The second-order valence-electron chi connectivity index (χ2n) is 3.06. The Kier molecular flexibility index (Phi) is 1.01. The van der Waals surface area contributed by atoms with Crippen LogP contribution in [-0.2, 0) is 0 Å². The Hall–Kier alpha value is -1.50. The van der Waals surface area contributed by atoms with Crippen molar-refractivity contribution in [3.63, 3.8) is 0 Å². The van der Waals surface area contributed by atoms with Crippen LogP contribution in [0.5, 0.6) is 5.75 Å². The van der Waals surface area contributed by atoms with E-state index in [0.29, 0.717) is 0 Å². The molecule has 1 aliphatic heterocycles. The van der Waals surface area contributed by atoms with Crippen LogP contribution < -0.4 is 4.74 Å². The van der Waals surface area contributed by atoms with E-state index in [0.717, 1.165) is 5.75 Å². The van der Waals surface area contributed by atoms with E-state index in [1.807, 2.05) is 18.2 Å². The third kappa shape index (κ3) is 0.681. The summed E-state index contributed by atoms with van der Waals surface area (Å²) in [6.07, 6.45) is 6.52. The molecule has 0 N–H and O–H groups in total. The van der Waals surface area contributed by atoms with Gasteiger partial charge in [0.1, 0.15) is 11.9 Å². The zero-order valence-electron chi connectivity index (χ0n) is 6.53. The van der Waals surface area contributed by atoms with Crippen molar-refractivity contribution >= 4 is 5.57 Å². The van der Waals surface area contributed by atoms with E-state index < -0.39 is 0 Å². The summed E-state index contributed by atoms with van der Waals surface area (Å²) in [7, 11) is 0. The lowest BCUT2D eigenvalue weighted by atomic mass is 10.0. The normalized spacial score (nSPS) is 23.0. The summed E-state index contributed by atoms with van der Waals surface area (Å²) in [4.78, 5) is 0. The van der Waals surface area contributed by atoms with Crippen LogP contribution >= 0.6 is 0 Å². The van der Waals surface area contributed by atoms with Crippen LogP contribution in [0.25, 0.3) is 5.57 Å². The number of para-hydroxylation sites is 1.